The molecule has 8 heteroatoms. The molecule has 0 aromatic heterocycles. The Labute approximate surface area is 190 Å². The van der Waals surface area contributed by atoms with Crippen LogP contribution in [0.2, 0.25) is 0 Å². The van der Waals surface area contributed by atoms with Gasteiger partial charge in [-0.1, -0.05) is 54.6 Å². The minimum Gasteiger partial charge on any atom is -0.375 e. The molecule has 1 amide bonds. The predicted octanol–water partition coefficient (Wildman–Crippen LogP) is 2.08. The SMILES string of the molecule is CS(=O)(=O)NC1CC2(CCN(C(=O)[C@H](N)COCc3ccccc3)CC2)c2ccccc21. The van der Waals surface area contributed by atoms with Gasteiger partial charge in [0.05, 0.1) is 19.5 Å². The van der Waals surface area contributed by atoms with Gasteiger partial charge < -0.3 is 15.4 Å². The number of carbonyl (C=O) groups excluding carboxylic acids is 1. The molecule has 4 rings (SSSR count). The predicted molar refractivity (Wildman–Crippen MR) is 123 cm³/mol. The second kappa shape index (κ2) is 9.31. The second-order valence-corrected chi connectivity index (χ2v) is 10.7. The summed E-state index contributed by atoms with van der Waals surface area (Å²) >= 11 is 0. The van der Waals surface area contributed by atoms with Gasteiger partial charge in [0.1, 0.15) is 6.04 Å². The molecule has 0 radical (unpaired) electrons. The van der Waals surface area contributed by atoms with Crippen LogP contribution >= 0.6 is 0 Å². The van der Waals surface area contributed by atoms with Crippen LogP contribution in [0.4, 0.5) is 0 Å². The van der Waals surface area contributed by atoms with Gasteiger partial charge in [-0.2, -0.15) is 0 Å². The zero-order chi connectivity index (χ0) is 22.8. The quantitative estimate of drug-likeness (QED) is 0.663. The number of amides is 1. The fourth-order valence-electron chi connectivity index (χ4n) is 5.07. The Morgan fingerprint density at radius 2 is 1.81 bits per heavy atom. The Kier molecular flexibility index (Phi) is 6.67. The number of benzene rings is 2. The first-order valence-electron chi connectivity index (χ1n) is 11.0. The van der Waals surface area contributed by atoms with E-state index in [1.165, 1.54) is 11.8 Å². The number of nitrogens with two attached hydrogens (primary N) is 1. The van der Waals surface area contributed by atoms with Crippen molar-refractivity contribution in [3.8, 4) is 0 Å². The maximum absolute atomic E-state index is 12.9. The minimum absolute atomic E-state index is 0.0926. The van der Waals surface area contributed by atoms with E-state index in [4.69, 9.17) is 10.5 Å². The monoisotopic (exact) mass is 457 g/mol. The van der Waals surface area contributed by atoms with Crippen molar-refractivity contribution in [1.82, 2.24) is 9.62 Å². The lowest BCUT2D eigenvalue weighted by atomic mass is 9.73. The van der Waals surface area contributed by atoms with Gasteiger partial charge in [-0.05, 0) is 36.0 Å². The molecular weight excluding hydrogens is 426 g/mol. The van der Waals surface area contributed by atoms with Crippen LogP contribution in [0, 0.1) is 0 Å². The Balaban J connectivity index is 1.35. The van der Waals surface area contributed by atoms with E-state index in [-0.39, 0.29) is 24.0 Å². The average Bonchev–Trinajstić information content (AvgIpc) is 3.06. The van der Waals surface area contributed by atoms with Crippen molar-refractivity contribution in [3.05, 3.63) is 71.3 Å². The summed E-state index contributed by atoms with van der Waals surface area (Å²) < 4.78 is 32.2. The molecule has 2 atom stereocenters. The Morgan fingerprint density at radius 1 is 1.16 bits per heavy atom. The van der Waals surface area contributed by atoms with Crippen molar-refractivity contribution in [2.24, 2.45) is 5.73 Å². The molecule has 32 heavy (non-hydrogen) atoms. The molecule has 1 unspecified atom stereocenters. The molecule has 2 aromatic rings. The maximum Gasteiger partial charge on any atom is 0.241 e. The summed E-state index contributed by atoms with van der Waals surface area (Å²) in [6.07, 6.45) is 3.49. The van der Waals surface area contributed by atoms with Crippen LogP contribution in [0.3, 0.4) is 0 Å². The summed E-state index contributed by atoms with van der Waals surface area (Å²) in [4.78, 5) is 14.7. The maximum atomic E-state index is 12.9. The van der Waals surface area contributed by atoms with Gasteiger partial charge in [-0.25, -0.2) is 13.1 Å². The first-order valence-corrected chi connectivity index (χ1v) is 12.9. The van der Waals surface area contributed by atoms with Gasteiger partial charge in [0.2, 0.25) is 15.9 Å². The highest BCUT2D eigenvalue weighted by Gasteiger charge is 2.46. The fraction of sp³-hybridized carbons (Fsp3) is 0.458. The van der Waals surface area contributed by atoms with E-state index in [9.17, 15) is 13.2 Å². The number of hydrogen-bond acceptors (Lipinski definition) is 5. The Hall–Kier alpha value is -2.26. The van der Waals surface area contributed by atoms with Crippen LogP contribution in [0.25, 0.3) is 0 Å². The molecule has 0 saturated carbocycles. The summed E-state index contributed by atoms with van der Waals surface area (Å²) in [5, 5.41) is 0. The average molecular weight is 458 g/mol. The zero-order valence-corrected chi connectivity index (χ0v) is 19.2. The van der Waals surface area contributed by atoms with E-state index < -0.39 is 16.1 Å². The van der Waals surface area contributed by atoms with E-state index in [0.717, 1.165) is 24.0 Å². The van der Waals surface area contributed by atoms with Gasteiger partial charge in [0, 0.05) is 24.5 Å². The number of likely N-dealkylation sites (tertiary alicyclic amines) is 1. The Morgan fingerprint density at radius 3 is 2.50 bits per heavy atom. The van der Waals surface area contributed by atoms with Crippen molar-refractivity contribution in [2.75, 3.05) is 26.0 Å². The summed E-state index contributed by atoms with van der Waals surface area (Å²) in [5.74, 6) is -0.0926. The molecule has 3 N–H and O–H groups in total. The van der Waals surface area contributed by atoms with Crippen LogP contribution in [-0.2, 0) is 31.6 Å². The number of rotatable bonds is 7. The van der Waals surface area contributed by atoms with E-state index in [1.54, 1.807) is 0 Å². The van der Waals surface area contributed by atoms with Crippen molar-refractivity contribution in [2.45, 2.75) is 43.4 Å². The summed E-state index contributed by atoms with van der Waals surface area (Å²) in [6, 6.07) is 16.9. The van der Waals surface area contributed by atoms with E-state index in [0.29, 0.717) is 26.1 Å². The van der Waals surface area contributed by atoms with Gasteiger partial charge in [0.15, 0.2) is 0 Å². The molecule has 1 heterocycles. The third-order valence-electron chi connectivity index (χ3n) is 6.62. The van der Waals surface area contributed by atoms with Crippen LogP contribution in [0.1, 0.15) is 42.0 Å². The van der Waals surface area contributed by atoms with Gasteiger partial charge in [-0.15, -0.1) is 0 Å². The first-order chi connectivity index (χ1) is 15.3. The van der Waals surface area contributed by atoms with Crippen molar-refractivity contribution < 1.29 is 17.9 Å². The molecule has 1 spiro atoms. The fourth-order valence-corrected chi connectivity index (χ4v) is 5.80. The van der Waals surface area contributed by atoms with Crippen LogP contribution in [0.5, 0.6) is 0 Å². The number of carbonyl (C=O) groups is 1. The van der Waals surface area contributed by atoms with Gasteiger partial charge in [0.25, 0.3) is 0 Å². The third kappa shape index (κ3) is 5.04. The lowest BCUT2D eigenvalue weighted by Crippen LogP contribution is -2.51. The first kappa shape index (κ1) is 22.9. The summed E-state index contributed by atoms with van der Waals surface area (Å²) in [7, 11) is -3.32. The van der Waals surface area contributed by atoms with Crippen molar-refractivity contribution in [3.63, 3.8) is 0 Å². The standard InChI is InChI=1S/C24H31N3O4S/c1-32(29,30)26-22-15-24(20-10-6-5-9-19(20)22)11-13-27(14-12-24)23(28)21(25)17-31-16-18-7-3-2-4-8-18/h2-10,21-22,26H,11-17,25H2,1H3/t21-,22?/m1/s1. The molecule has 1 aliphatic heterocycles. The smallest absolute Gasteiger partial charge is 0.241 e. The zero-order valence-electron chi connectivity index (χ0n) is 18.4. The lowest BCUT2D eigenvalue weighted by molar-refractivity contribution is -0.135. The van der Waals surface area contributed by atoms with Crippen LogP contribution in [0.15, 0.2) is 54.6 Å². The largest absolute Gasteiger partial charge is 0.375 e. The summed E-state index contributed by atoms with van der Waals surface area (Å²) in [5.41, 5.74) is 9.30. The molecule has 2 aromatic carbocycles. The number of fused-ring (bicyclic) bond motifs is 2. The highest BCUT2D eigenvalue weighted by molar-refractivity contribution is 7.88. The van der Waals surface area contributed by atoms with Crippen LogP contribution < -0.4 is 10.5 Å². The highest BCUT2D eigenvalue weighted by atomic mass is 32.2. The molecule has 7 nitrogen and oxygen atoms in total. The highest BCUT2D eigenvalue weighted by Crippen LogP contribution is 2.50. The van der Waals surface area contributed by atoms with Gasteiger partial charge in [-0.3, -0.25) is 4.79 Å². The Bertz CT molecular complexity index is 1050. The molecular formula is C24H31N3O4S. The lowest BCUT2D eigenvalue weighted by Gasteiger charge is -2.41. The minimum atomic E-state index is -3.32. The molecule has 2 aliphatic rings. The molecule has 172 valence electrons. The van der Waals surface area contributed by atoms with Crippen LogP contribution in [-0.4, -0.2) is 51.2 Å². The molecule has 1 saturated heterocycles. The molecule has 0 bridgehead atoms. The number of piperidine rings is 1. The number of nitrogens with zero attached hydrogens (tertiary/aromatic N) is 1. The molecule has 1 fully saturated rings. The van der Waals surface area contributed by atoms with E-state index in [1.807, 2.05) is 53.4 Å². The number of nitrogens with one attached hydrogen (secondary N) is 1. The van der Waals surface area contributed by atoms with E-state index >= 15 is 0 Å². The number of ether oxygens (including phenoxy) is 1. The van der Waals surface area contributed by atoms with Crippen molar-refractivity contribution in [1.29, 1.82) is 0 Å². The van der Waals surface area contributed by atoms with Crippen molar-refractivity contribution >= 4 is 15.9 Å². The summed E-state index contributed by atoms with van der Waals surface area (Å²) in [6.45, 7) is 1.81. The number of sulfonamides is 1. The number of hydrogen-bond donors (Lipinski definition) is 2. The normalized spacial score (nSPS) is 20.8. The van der Waals surface area contributed by atoms with Gasteiger partial charge >= 0.3 is 0 Å². The third-order valence-corrected chi connectivity index (χ3v) is 7.33. The topological polar surface area (TPSA) is 102 Å². The van der Waals surface area contributed by atoms with E-state index in [2.05, 4.69) is 10.8 Å². The second-order valence-electron chi connectivity index (χ2n) is 8.95. The molecule has 1 aliphatic carbocycles.